The third-order valence-electron chi connectivity index (χ3n) is 3.52. The van der Waals surface area contributed by atoms with Gasteiger partial charge in [0.25, 0.3) is 0 Å². The first-order valence-corrected chi connectivity index (χ1v) is 5.92. The number of anilines is 1. The first-order chi connectivity index (χ1) is 7.84. The van der Waals surface area contributed by atoms with Crippen molar-refractivity contribution in [2.45, 2.75) is 31.8 Å². The fraction of sp³-hybridized carbons (Fsp3) is 0.385. The number of H-pyrrole nitrogens is 1. The molecular formula is C13H17N3. The minimum absolute atomic E-state index is 0.728. The maximum atomic E-state index is 5.91. The highest BCUT2D eigenvalue weighted by atomic mass is 14.9. The largest absolute Gasteiger partial charge is 0.397 e. The highest BCUT2D eigenvalue weighted by molar-refractivity contribution is 5.92. The Hall–Kier alpha value is -1.48. The predicted molar refractivity (Wildman–Crippen MR) is 67.2 cm³/mol. The fourth-order valence-electron chi connectivity index (χ4n) is 2.25. The van der Waals surface area contributed by atoms with Crippen molar-refractivity contribution in [2.75, 3.05) is 5.73 Å². The van der Waals surface area contributed by atoms with Crippen molar-refractivity contribution in [3.8, 4) is 0 Å². The van der Waals surface area contributed by atoms with Crippen LogP contribution in [0.15, 0.2) is 24.4 Å². The van der Waals surface area contributed by atoms with E-state index in [1.54, 1.807) is 0 Å². The Kier molecular flexibility index (Phi) is 2.33. The van der Waals surface area contributed by atoms with Crippen molar-refractivity contribution in [2.24, 2.45) is 0 Å². The van der Waals surface area contributed by atoms with Crippen molar-refractivity contribution in [3.05, 3.63) is 30.0 Å². The molecule has 3 rings (SSSR count). The molecule has 0 unspecified atom stereocenters. The van der Waals surface area contributed by atoms with Gasteiger partial charge in [0.05, 0.1) is 11.2 Å². The average molecular weight is 215 g/mol. The highest BCUT2D eigenvalue weighted by Gasteiger charge is 2.16. The van der Waals surface area contributed by atoms with E-state index >= 15 is 0 Å². The quantitative estimate of drug-likeness (QED) is 0.689. The summed E-state index contributed by atoms with van der Waals surface area (Å²) in [6.07, 6.45) is 6.08. The third kappa shape index (κ3) is 1.57. The van der Waals surface area contributed by atoms with Gasteiger partial charge in [-0.15, -0.1) is 0 Å². The number of hydrogen-bond donors (Lipinski definition) is 3. The molecule has 0 saturated heterocycles. The van der Waals surface area contributed by atoms with Crippen LogP contribution < -0.4 is 11.1 Å². The van der Waals surface area contributed by atoms with E-state index in [4.69, 9.17) is 5.73 Å². The zero-order valence-electron chi connectivity index (χ0n) is 9.29. The molecule has 4 N–H and O–H groups in total. The Bertz CT molecular complexity index is 497. The summed E-state index contributed by atoms with van der Waals surface area (Å²) in [4.78, 5) is 3.25. The lowest BCUT2D eigenvalue weighted by Crippen LogP contribution is -2.34. The van der Waals surface area contributed by atoms with Gasteiger partial charge in [-0.05, 0) is 24.5 Å². The molecule has 1 aliphatic rings. The monoisotopic (exact) mass is 215 g/mol. The maximum absolute atomic E-state index is 5.91. The van der Waals surface area contributed by atoms with E-state index in [0.29, 0.717) is 0 Å². The van der Waals surface area contributed by atoms with Gasteiger partial charge < -0.3 is 16.0 Å². The number of nitrogens with two attached hydrogens (primary N) is 1. The van der Waals surface area contributed by atoms with Crippen LogP contribution in [0.4, 0.5) is 5.69 Å². The van der Waals surface area contributed by atoms with Crippen LogP contribution in [-0.4, -0.2) is 11.0 Å². The number of hydrogen-bond acceptors (Lipinski definition) is 2. The molecule has 1 aromatic heterocycles. The van der Waals surface area contributed by atoms with Gasteiger partial charge in [-0.2, -0.15) is 0 Å². The van der Waals surface area contributed by atoms with Crippen LogP contribution in [0.1, 0.15) is 24.8 Å². The Morgan fingerprint density at radius 2 is 2.25 bits per heavy atom. The molecule has 1 heterocycles. The molecule has 16 heavy (non-hydrogen) atoms. The number of para-hydroxylation sites is 1. The molecule has 3 nitrogen and oxygen atoms in total. The molecule has 0 radical (unpaired) electrons. The third-order valence-corrected chi connectivity index (χ3v) is 3.52. The molecule has 84 valence electrons. The van der Waals surface area contributed by atoms with E-state index < -0.39 is 0 Å². The summed E-state index contributed by atoms with van der Waals surface area (Å²) in [5.74, 6) is 0. The van der Waals surface area contributed by atoms with Gasteiger partial charge in [0.15, 0.2) is 0 Å². The molecule has 1 fully saturated rings. The van der Waals surface area contributed by atoms with Crippen LogP contribution in [0, 0.1) is 0 Å². The van der Waals surface area contributed by atoms with Gasteiger partial charge in [0, 0.05) is 24.2 Å². The van der Waals surface area contributed by atoms with Crippen LogP contribution in [0.25, 0.3) is 10.9 Å². The second kappa shape index (κ2) is 3.83. The molecule has 2 aromatic rings. The summed E-state index contributed by atoms with van der Waals surface area (Å²) >= 11 is 0. The zero-order chi connectivity index (χ0) is 11.0. The number of benzene rings is 1. The van der Waals surface area contributed by atoms with Gasteiger partial charge >= 0.3 is 0 Å². The Morgan fingerprint density at radius 3 is 3.00 bits per heavy atom. The summed E-state index contributed by atoms with van der Waals surface area (Å²) in [5.41, 5.74) is 9.11. The number of nitrogens with one attached hydrogen (secondary N) is 2. The molecule has 1 aliphatic carbocycles. The molecule has 0 amide bonds. The van der Waals surface area contributed by atoms with Crippen LogP contribution in [-0.2, 0) is 6.54 Å². The van der Waals surface area contributed by atoms with Crippen molar-refractivity contribution in [1.82, 2.24) is 10.3 Å². The molecular weight excluding hydrogens is 198 g/mol. The second-order valence-corrected chi connectivity index (χ2v) is 4.59. The van der Waals surface area contributed by atoms with E-state index in [2.05, 4.69) is 22.6 Å². The lowest BCUT2D eigenvalue weighted by Gasteiger charge is -2.26. The molecule has 0 spiro atoms. The number of nitrogen functional groups attached to an aromatic ring is 1. The minimum atomic E-state index is 0.728. The lowest BCUT2D eigenvalue weighted by atomic mass is 9.93. The van der Waals surface area contributed by atoms with E-state index in [1.807, 2.05) is 12.1 Å². The van der Waals surface area contributed by atoms with Crippen molar-refractivity contribution in [1.29, 1.82) is 0 Å². The summed E-state index contributed by atoms with van der Waals surface area (Å²) < 4.78 is 0. The topological polar surface area (TPSA) is 53.8 Å². The summed E-state index contributed by atoms with van der Waals surface area (Å²) in [7, 11) is 0. The SMILES string of the molecule is Nc1cccc2c(CNC3CCC3)c[nH]c12. The van der Waals surface area contributed by atoms with Gasteiger partial charge in [0.2, 0.25) is 0 Å². The molecule has 1 saturated carbocycles. The number of fused-ring (bicyclic) bond motifs is 1. The first-order valence-electron chi connectivity index (χ1n) is 5.92. The van der Waals surface area contributed by atoms with Gasteiger partial charge in [-0.25, -0.2) is 0 Å². The Morgan fingerprint density at radius 1 is 1.38 bits per heavy atom. The van der Waals surface area contributed by atoms with Crippen LogP contribution in [0.3, 0.4) is 0 Å². The van der Waals surface area contributed by atoms with Crippen molar-refractivity contribution < 1.29 is 0 Å². The van der Waals surface area contributed by atoms with Gasteiger partial charge in [-0.3, -0.25) is 0 Å². The van der Waals surface area contributed by atoms with E-state index in [1.165, 1.54) is 30.2 Å². The molecule has 0 aliphatic heterocycles. The number of rotatable bonds is 3. The lowest BCUT2D eigenvalue weighted by molar-refractivity contribution is 0.338. The molecule has 0 bridgehead atoms. The Labute approximate surface area is 95.0 Å². The van der Waals surface area contributed by atoms with Crippen LogP contribution in [0.5, 0.6) is 0 Å². The highest BCUT2D eigenvalue weighted by Crippen LogP contribution is 2.24. The first kappa shape index (κ1) is 9.73. The van der Waals surface area contributed by atoms with Crippen LogP contribution in [0.2, 0.25) is 0 Å². The molecule has 1 aromatic carbocycles. The second-order valence-electron chi connectivity index (χ2n) is 4.59. The molecule has 0 atom stereocenters. The zero-order valence-corrected chi connectivity index (χ0v) is 9.29. The number of aromatic amines is 1. The average Bonchev–Trinajstić information content (AvgIpc) is 2.61. The standard InChI is InChI=1S/C13H17N3/c14-12-6-2-5-11-9(8-16-13(11)12)7-15-10-3-1-4-10/h2,5-6,8,10,15-16H,1,3-4,7,14H2. The maximum Gasteiger partial charge on any atom is 0.0690 e. The van der Waals surface area contributed by atoms with Gasteiger partial charge in [-0.1, -0.05) is 18.6 Å². The molecule has 3 heteroatoms. The Balaban J connectivity index is 1.83. The van der Waals surface area contributed by atoms with Gasteiger partial charge in [0.1, 0.15) is 0 Å². The van der Waals surface area contributed by atoms with Crippen molar-refractivity contribution >= 4 is 16.6 Å². The minimum Gasteiger partial charge on any atom is -0.397 e. The normalized spacial score (nSPS) is 16.5. The van der Waals surface area contributed by atoms with E-state index in [9.17, 15) is 0 Å². The number of aromatic nitrogens is 1. The summed E-state index contributed by atoms with van der Waals surface area (Å²) in [5, 5.41) is 4.81. The van der Waals surface area contributed by atoms with E-state index in [0.717, 1.165) is 23.8 Å². The summed E-state index contributed by atoms with van der Waals surface area (Å²) in [6.45, 7) is 0.939. The van der Waals surface area contributed by atoms with E-state index in [-0.39, 0.29) is 0 Å². The van der Waals surface area contributed by atoms with Crippen LogP contribution >= 0.6 is 0 Å². The fourth-order valence-corrected chi connectivity index (χ4v) is 2.25. The smallest absolute Gasteiger partial charge is 0.0690 e. The van der Waals surface area contributed by atoms with Crippen molar-refractivity contribution in [3.63, 3.8) is 0 Å². The summed E-state index contributed by atoms with van der Waals surface area (Å²) in [6, 6.07) is 6.80. The predicted octanol–water partition coefficient (Wildman–Crippen LogP) is 2.39.